The summed E-state index contributed by atoms with van der Waals surface area (Å²) in [6, 6.07) is 7.34. The van der Waals surface area contributed by atoms with Gasteiger partial charge in [-0.25, -0.2) is 0 Å². The van der Waals surface area contributed by atoms with E-state index in [0.29, 0.717) is 25.3 Å². The molecule has 0 radical (unpaired) electrons. The zero-order chi connectivity index (χ0) is 15.1. The third-order valence-electron chi connectivity index (χ3n) is 3.38. The maximum atomic E-state index is 12.4. The van der Waals surface area contributed by atoms with Crippen molar-refractivity contribution in [1.29, 1.82) is 0 Å². The molecule has 1 atom stereocenters. The van der Waals surface area contributed by atoms with E-state index in [1.165, 1.54) is 0 Å². The fourth-order valence-corrected chi connectivity index (χ4v) is 2.28. The first-order chi connectivity index (χ1) is 10.2. The molecule has 21 heavy (non-hydrogen) atoms. The molecule has 2 rings (SSSR count). The summed E-state index contributed by atoms with van der Waals surface area (Å²) >= 11 is 0. The van der Waals surface area contributed by atoms with Crippen LogP contribution in [0.3, 0.4) is 0 Å². The second-order valence-corrected chi connectivity index (χ2v) is 5.26. The van der Waals surface area contributed by atoms with E-state index < -0.39 is 0 Å². The van der Waals surface area contributed by atoms with E-state index >= 15 is 0 Å². The minimum atomic E-state index is -0.00822. The lowest BCUT2D eigenvalue weighted by Gasteiger charge is -2.28. The van der Waals surface area contributed by atoms with E-state index in [1.807, 2.05) is 18.2 Å². The van der Waals surface area contributed by atoms with Crippen LogP contribution >= 0.6 is 0 Å². The van der Waals surface area contributed by atoms with Crippen LogP contribution in [0.1, 0.15) is 23.7 Å². The van der Waals surface area contributed by atoms with Crippen LogP contribution in [-0.4, -0.2) is 56.8 Å². The quantitative estimate of drug-likeness (QED) is 0.864. The van der Waals surface area contributed by atoms with Gasteiger partial charge in [0.2, 0.25) is 0 Å². The number of carbonyl (C=O) groups excluding carboxylic acids is 1. The molecule has 0 spiro atoms. The van der Waals surface area contributed by atoms with Crippen LogP contribution in [0.2, 0.25) is 0 Å². The van der Waals surface area contributed by atoms with Crippen molar-refractivity contribution in [3.05, 3.63) is 29.8 Å². The normalized spacial score (nSPS) is 18.3. The number of hydrogen-bond acceptors (Lipinski definition) is 4. The molecule has 1 aromatic rings. The maximum Gasteiger partial charge on any atom is 0.253 e. The highest BCUT2D eigenvalue weighted by atomic mass is 16.5. The Hall–Kier alpha value is -1.59. The van der Waals surface area contributed by atoms with Crippen LogP contribution in [0, 0.1) is 0 Å². The fraction of sp³-hybridized carbons (Fsp3) is 0.562. The molecular weight excluding hydrogens is 268 g/mol. The number of nitrogens with one attached hydrogen (secondary N) is 1. The standard InChI is InChI=1S/C16H24N2O3/c1-3-8-20-14-6-4-5-13(10-14)16(19)18(2)12-15-11-17-7-9-21-15/h4-6,10,15,17H,3,7-9,11-12H2,1-2H3. The van der Waals surface area contributed by atoms with Crippen LogP contribution in [0.25, 0.3) is 0 Å². The minimum absolute atomic E-state index is 0.00822. The van der Waals surface area contributed by atoms with Gasteiger partial charge in [-0.1, -0.05) is 13.0 Å². The highest BCUT2D eigenvalue weighted by Crippen LogP contribution is 2.15. The number of benzene rings is 1. The van der Waals surface area contributed by atoms with Gasteiger partial charge in [0.25, 0.3) is 5.91 Å². The lowest BCUT2D eigenvalue weighted by atomic mass is 10.2. The van der Waals surface area contributed by atoms with Gasteiger partial charge in [-0.3, -0.25) is 4.79 Å². The molecule has 1 aromatic carbocycles. The van der Waals surface area contributed by atoms with Gasteiger partial charge >= 0.3 is 0 Å². The Morgan fingerprint density at radius 1 is 1.52 bits per heavy atom. The number of rotatable bonds is 6. The summed E-state index contributed by atoms with van der Waals surface area (Å²) in [5.41, 5.74) is 0.648. The van der Waals surface area contributed by atoms with Gasteiger partial charge in [0.1, 0.15) is 5.75 Å². The fourth-order valence-electron chi connectivity index (χ4n) is 2.28. The first-order valence-electron chi connectivity index (χ1n) is 7.51. The SMILES string of the molecule is CCCOc1cccc(C(=O)N(C)CC2CNCCO2)c1. The van der Waals surface area contributed by atoms with Gasteiger partial charge < -0.3 is 19.7 Å². The number of amides is 1. The summed E-state index contributed by atoms with van der Waals surface area (Å²) in [6.45, 7) is 5.68. The third kappa shape index (κ3) is 4.72. The van der Waals surface area contributed by atoms with Crippen molar-refractivity contribution >= 4 is 5.91 Å². The Bertz CT molecular complexity index is 459. The van der Waals surface area contributed by atoms with E-state index in [1.54, 1.807) is 18.0 Å². The summed E-state index contributed by atoms with van der Waals surface area (Å²) in [5.74, 6) is 0.734. The predicted molar refractivity (Wildman–Crippen MR) is 81.8 cm³/mol. The molecule has 0 aliphatic carbocycles. The van der Waals surface area contributed by atoms with Gasteiger partial charge in [-0.2, -0.15) is 0 Å². The molecule has 5 nitrogen and oxygen atoms in total. The van der Waals surface area contributed by atoms with E-state index in [9.17, 15) is 4.79 Å². The van der Waals surface area contributed by atoms with Gasteiger partial charge in [-0.05, 0) is 24.6 Å². The van der Waals surface area contributed by atoms with Crippen LogP contribution in [0.15, 0.2) is 24.3 Å². The third-order valence-corrected chi connectivity index (χ3v) is 3.38. The zero-order valence-corrected chi connectivity index (χ0v) is 12.8. The molecule has 0 saturated carbocycles. The smallest absolute Gasteiger partial charge is 0.253 e. The highest BCUT2D eigenvalue weighted by molar-refractivity contribution is 5.94. The van der Waals surface area contributed by atoms with E-state index in [-0.39, 0.29) is 12.0 Å². The Morgan fingerprint density at radius 2 is 2.38 bits per heavy atom. The maximum absolute atomic E-state index is 12.4. The monoisotopic (exact) mass is 292 g/mol. The van der Waals surface area contributed by atoms with Gasteiger partial charge in [0.15, 0.2) is 0 Å². The summed E-state index contributed by atoms with van der Waals surface area (Å²) in [7, 11) is 1.81. The van der Waals surface area contributed by atoms with Gasteiger partial charge in [0.05, 0.1) is 19.3 Å². The number of likely N-dealkylation sites (N-methyl/N-ethyl adjacent to an activating group) is 1. The average Bonchev–Trinajstić information content (AvgIpc) is 2.53. The molecule has 1 N–H and O–H groups in total. The molecule has 1 saturated heterocycles. The van der Waals surface area contributed by atoms with Crippen molar-refractivity contribution in [3.8, 4) is 5.75 Å². The zero-order valence-electron chi connectivity index (χ0n) is 12.8. The molecule has 1 amide bonds. The number of nitrogens with zero attached hydrogens (tertiary/aromatic N) is 1. The Labute approximate surface area is 126 Å². The number of morpholine rings is 1. The molecule has 116 valence electrons. The topological polar surface area (TPSA) is 50.8 Å². The predicted octanol–water partition coefficient (Wildman–Crippen LogP) is 1.54. The number of carbonyl (C=O) groups is 1. The summed E-state index contributed by atoms with van der Waals surface area (Å²) < 4.78 is 11.2. The van der Waals surface area contributed by atoms with E-state index in [0.717, 1.165) is 25.3 Å². The first kappa shape index (κ1) is 15.8. The van der Waals surface area contributed by atoms with E-state index in [2.05, 4.69) is 12.2 Å². The van der Waals surface area contributed by atoms with Gasteiger partial charge in [0, 0.05) is 32.2 Å². The van der Waals surface area contributed by atoms with Crippen molar-refractivity contribution in [2.24, 2.45) is 0 Å². The lowest BCUT2D eigenvalue weighted by Crippen LogP contribution is -2.45. The molecule has 1 aliphatic rings. The van der Waals surface area contributed by atoms with Crippen LogP contribution in [0.5, 0.6) is 5.75 Å². The second-order valence-electron chi connectivity index (χ2n) is 5.26. The number of ether oxygens (including phenoxy) is 2. The molecule has 1 unspecified atom stereocenters. The highest BCUT2D eigenvalue weighted by Gasteiger charge is 2.19. The molecule has 1 aliphatic heterocycles. The van der Waals surface area contributed by atoms with Crippen LogP contribution < -0.4 is 10.1 Å². The van der Waals surface area contributed by atoms with Crippen molar-refractivity contribution in [1.82, 2.24) is 10.2 Å². The van der Waals surface area contributed by atoms with Crippen LogP contribution in [-0.2, 0) is 4.74 Å². The van der Waals surface area contributed by atoms with Crippen LogP contribution in [0.4, 0.5) is 0 Å². The lowest BCUT2D eigenvalue weighted by molar-refractivity contribution is 0.0104. The number of hydrogen-bond donors (Lipinski definition) is 1. The molecular formula is C16H24N2O3. The Balaban J connectivity index is 1.94. The summed E-state index contributed by atoms with van der Waals surface area (Å²) in [5, 5.41) is 3.27. The largest absolute Gasteiger partial charge is 0.494 e. The van der Waals surface area contributed by atoms with Crippen molar-refractivity contribution < 1.29 is 14.3 Å². The molecule has 5 heteroatoms. The van der Waals surface area contributed by atoms with Crippen molar-refractivity contribution in [2.75, 3.05) is 39.9 Å². The summed E-state index contributed by atoms with van der Waals surface area (Å²) in [6.07, 6.45) is 1.01. The van der Waals surface area contributed by atoms with Gasteiger partial charge in [-0.15, -0.1) is 0 Å². The molecule has 1 fully saturated rings. The minimum Gasteiger partial charge on any atom is -0.494 e. The Morgan fingerprint density at radius 3 is 3.10 bits per heavy atom. The second kappa shape index (κ2) is 8.00. The molecule has 1 heterocycles. The van der Waals surface area contributed by atoms with Crippen molar-refractivity contribution in [2.45, 2.75) is 19.4 Å². The molecule has 0 aromatic heterocycles. The van der Waals surface area contributed by atoms with E-state index in [4.69, 9.17) is 9.47 Å². The Kier molecular flexibility index (Phi) is 6.02. The summed E-state index contributed by atoms with van der Waals surface area (Å²) in [4.78, 5) is 14.1. The average molecular weight is 292 g/mol. The van der Waals surface area contributed by atoms with Crippen molar-refractivity contribution in [3.63, 3.8) is 0 Å². The first-order valence-corrected chi connectivity index (χ1v) is 7.51. The molecule has 0 bridgehead atoms.